The van der Waals surface area contributed by atoms with Gasteiger partial charge in [-0.05, 0) is 24.8 Å². The fourth-order valence-corrected chi connectivity index (χ4v) is 2.20. The minimum Gasteiger partial charge on any atom is -0.382 e. The van der Waals surface area contributed by atoms with E-state index in [0.717, 1.165) is 0 Å². The third-order valence-electron chi connectivity index (χ3n) is 3.18. The van der Waals surface area contributed by atoms with Crippen LogP contribution in [-0.4, -0.2) is 6.04 Å². The van der Waals surface area contributed by atoms with Gasteiger partial charge in [0.15, 0.2) is 0 Å². The van der Waals surface area contributed by atoms with Crippen LogP contribution >= 0.6 is 0 Å². The van der Waals surface area contributed by atoms with Crippen LogP contribution in [0.3, 0.4) is 0 Å². The Labute approximate surface area is 104 Å². The van der Waals surface area contributed by atoms with Crippen molar-refractivity contribution in [3.05, 3.63) is 42.5 Å². The van der Waals surface area contributed by atoms with Gasteiger partial charge >= 0.3 is 0 Å². The number of unbranched alkanes of at least 4 members (excludes halogenated alkanes) is 1. The Kier molecular flexibility index (Phi) is 4.03. The van der Waals surface area contributed by atoms with Gasteiger partial charge in [-0.25, -0.2) is 0 Å². The molecule has 0 saturated heterocycles. The van der Waals surface area contributed by atoms with E-state index in [4.69, 9.17) is 0 Å². The molecule has 0 aliphatic carbocycles. The molecule has 1 unspecified atom stereocenters. The van der Waals surface area contributed by atoms with Crippen LogP contribution in [0.5, 0.6) is 0 Å². The van der Waals surface area contributed by atoms with Crippen molar-refractivity contribution < 1.29 is 0 Å². The maximum atomic E-state index is 3.62. The Morgan fingerprint density at radius 2 is 1.82 bits per heavy atom. The van der Waals surface area contributed by atoms with Crippen molar-refractivity contribution in [2.24, 2.45) is 0 Å². The lowest BCUT2D eigenvalue weighted by atomic mass is 10.1. The fourth-order valence-electron chi connectivity index (χ4n) is 2.20. The molecule has 2 aromatic rings. The number of rotatable bonds is 5. The highest BCUT2D eigenvalue weighted by molar-refractivity contribution is 5.93. The van der Waals surface area contributed by atoms with Crippen molar-refractivity contribution in [2.45, 2.75) is 39.2 Å². The summed E-state index contributed by atoms with van der Waals surface area (Å²) in [6.45, 7) is 4.50. The second-order valence-electron chi connectivity index (χ2n) is 4.71. The largest absolute Gasteiger partial charge is 0.382 e. The molecular formula is C16H21N. The van der Waals surface area contributed by atoms with Gasteiger partial charge in [-0.3, -0.25) is 0 Å². The van der Waals surface area contributed by atoms with Crippen LogP contribution in [0, 0.1) is 0 Å². The highest BCUT2D eigenvalue weighted by Gasteiger charge is 2.04. The second-order valence-corrected chi connectivity index (χ2v) is 4.71. The molecule has 90 valence electrons. The normalized spacial score (nSPS) is 12.6. The third kappa shape index (κ3) is 3.00. The van der Waals surface area contributed by atoms with Gasteiger partial charge < -0.3 is 5.32 Å². The van der Waals surface area contributed by atoms with Crippen LogP contribution in [0.15, 0.2) is 42.5 Å². The van der Waals surface area contributed by atoms with Gasteiger partial charge in [0.25, 0.3) is 0 Å². The average Bonchev–Trinajstić information content (AvgIpc) is 2.37. The molecule has 0 spiro atoms. The van der Waals surface area contributed by atoms with E-state index in [-0.39, 0.29) is 0 Å². The van der Waals surface area contributed by atoms with E-state index in [0.29, 0.717) is 6.04 Å². The molecule has 0 aliphatic heterocycles. The maximum absolute atomic E-state index is 3.62. The van der Waals surface area contributed by atoms with Crippen molar-refractivity contribution in [1.29, 1.82) is 0 Å². The Morgan fingerprint density at radius 3 is 2.65 bits per heavy atom. The summed E-state index contributed by atoms with van der Waals surface area (Å²) in [5, 5.41) is 6.24. The Bertz CT molecular complexity index is 470. The number of fused-ring (bicyclic) bond motifs is 1. The van der Waals surface area contributed by atoms with Crippen LogP contribution in [0.25, 0.3) is 10.8 Å². The number of hydrogen-bond acceptors (Lipinski definition) is 1. The number of anilines is 1. The minimum absolute atomic E-state index is 0.542. The zero-order valence-corrected chi connectivity index (χ0v) is 10.7. The molecule has 0 fully saturated rings. The molecule has 0 bridgehead atoms. The van der Waals surface area contributed by atoms with Crippen LogP contribution in [0.4, 0.5) is 5.69 Å². The highest BCUT2D eigenvalue weighted by atomic mass is 14.9. The summed E-state index contributed by atoms with van der Waals surface area (Å²) < 4.78 is 0. The van der Waals surface area contributed by atoms with Crippen LogP contribution in [0.1, 0.15) is 33.1 Å². The van der Waals surface area contributed by atoms with E-state index in [9.17, 15) is 0 Å². The Morgan fingerprint density at radius 1 is 1.06 bits per heavy atom. The molecule has 0 aliphatic rings. The molecule has 0 aromatic heterocycles. The van der Waals surface area contributed by atoms with E-state index in [1.54, 1.807) is 0 Å². The lowest BCUT2D eigenvalue weighted by Crippen LogP contribution is -2.14. The standard InChI is InChI=1S/C16H21N/c1-3-4-8-13(2)17-16-12-7-10-14-9-5-6-11-15(14)16/h5-7,9-13,17H,3-4,8H2,1-2H3. The lowest BCUT2D eigenvalue weighted by Gasteiger charge is -2.16. The number of benzene rings is 2. The maximum Gasteiger partial charge on any atom is 0.0421 e. The Balaban J connectivity index is 2.18. The summed E-state index contributed by atoms with van der Waals surface area (Å²) in [5.74, 6) is 0. The van der Waals surface area contributed by atoms with Crippen LogP contribution in [-0.2, 0) is 0 Å². The van der Waals surface area contributed by atoms with Crippen LogP contribution in [0.2, 0.25) is 0 Å². The summed E-state index contributed by atoms with van der Waals surface area (Å²) in [4.78, 5) is 0. The van der Waals surface area contributed by atoms with E-state index in [1.165, 1.54) is 35.7 Å². The summed E-state index contributed by atoms with van der Waals surface area (Å²) in [5.41, 5.74) is 1.26. The molecule has 1 heteroatoms. The molecular weight excluding hydrogens is 206 g/mol. The van der Waals surface area contributed by atoms with Crippen molar-refractivity contribution in [3.8, 4) is 0 Å². The van der Waals surface area contributed by atoms with E-state index in [1.807, 2.05) is 0 Å². The lowest BCUT2D eigenvalue weighted by molar-refractivity contribution is 0.645. The van der Waals surface area contributed by atoms with Gasteiger partial charge in [-0.1, -0.05) is 56.2 Å². The molecule has 17 heavy (non-hydrogen) atoms. The molecule has 0 radical (unpaired) electrons. The number of nitrogens with one attached hydrogen (secondary N) is 1. The molecule has 0 heterocycles. The first kappa shape index (κ1) is 12.0. The summed E-state index contributed by atoms with van der Waals surface area (Å²) in [6.07, 6.45) is 3.79. The second kappa shape index (κ2) is 5.72. The average molecular weight is 227 g/mol. The van der Waals surface area contributed by atoms with Crippen LogP contribution < -0.4 is 5.32 Å². The first-order valence-electron chi connectivity index (χ1n) is 6.55. The first-order valence-corrected chi connectivity index (χ1v) is 6.55. The van der Waals surface area contributed by atoms with E-state index >= 15 is 0 Å². The summed E-state index contributed by atoms with van der Waals surface area (Å²) in [7, 11) is 0. The van der Waals surface area contributed by atoms with Gasteiger partial charge in [0, 0.05) is 17.1 Å². The molecule has 1 nitrogen and oxygen atoms in total. The van der Waals surface area contributed by atoms with Crippen molar-refractivity contribution >= 4 is 16.5 Å². The van der Waals surface area contributed by atoms with Gasteiger partial charge in [-0.15, -0.1) is 0 Å². The summed E-state index contributed by atoms with van der Waals surface area (Å²) in [6, 6.07) is 15.5. The summed E-state index contributed by atoms with van der Waals surface area (Å²) >= 11 is 0. The van der Waals surface area contributed by atoms with Crippen molar-refractivity contribution in [2.75, 3.05) is 5.32 Å². The topological polar surface area (TPSA) is 12.0 Å². The predicted molar refractivity (Wildman–Crippen MR) is 76.6 cm³/mol. The molecule has 1 N–H and O–H groups in total. The molecule has 1 atom stereocenters. The minimum atomic E-state index is 0.542. The molecule has 2 aromatic carbocycles. The van der Waals surface area contributed by atoms with E-state index in [2.05, 4.69) is 61.6 Å². The quantitative estimate of drug-likeness (QED) is 0.771. The zero-order valence-electron chi connectivity index (χ0n) is 10.7. The van der Waals surface area contributed by atoms with Crippen molar-refractivity contribution in [1.82, 2.24) is 0 Å². The molecule has 0 saturated carbocycles. The van der Waals surface area contributed by atoms with Gasteiger partial charge in [0.05, 0.1) is 0 Å². The Hall–Kier alpha value is -1.50. The zero-order chi connectivity index (χ0) is 12.1. The highest BCUT2D eigenvalue weighted by Crippen LogP contribution is 2.24. The fraction of sp³-hybridized carbons (Fsp3) is 0.375. The van der Waals surface area contributed by atoms with Crippen molar-refractivity contribution in [3.63, 3.8) is 0 Å². The predicted octanol–water partition coefficient (Wildman–Crippen LogP) is 4.83. The van der Waals surface area contributed by atoms with Gasteiger partial charge in [-0.2, -0.15) is 0 Å². The molecule has 0 amide bonds. The van der Waals surface area contributed by atoms with Gasteiger partial charge in [0.1, 0.15) is 0 Å². The number of hydrogen-bond donors (Lipinski definition) is 1. The van der Waals surface area contributed by atoms with E-state index < -0.39 is 0 Å². The smallest absolute Gasteiger partial charge is 0.0421 e. The molecule has 2 rings (SSSR count). The van der Waals surface area contributed by atoms with Gasteiger partial charge in [0.2, 0.25) is 0 Å². The first-order chi connectivity index (χ1) is 8.31. The third-order valence-corrected chi connectivity index (χ3v) is 3.18. The SMILES string of the molecule is CCCCC(C)Nc1cccc2ccccc12. The monoisotopic (exact) mass is 227 g/mol.